The molecule has 2 N–H and O–H groups in total. The summed E-state index contributed by atoms with van der Waals surface area (Å²) in [7, 11) is 0. The second-order valence-electron chi connectivity index (χ2n) is 4.15. The van der Waals surface area contributed by atoms with Crippen molar-refractivity contribution in [2.45, 2.75) is 33.2 Å². The van der Waals surface area contributed by atoms with E-state index >= 15 is 0 Å². The van der Waals surface area contributed by atoms with Crippen LogP contribution in [0.5, 0.6) is 0 Å². The molecule has 1 aromatic rings. The summed E-state index contributed by atoms with van der Waals surface area (Å²) < 4.78 is 0. The summed E-state index contributed by atoms with van der Waals surface area (Å²) in [5.41, 5.74) is 7.78. The van der Waals surface area contributed by atoms with Crippen molar-refractivity contribution in [2.24, 2.45) is 5.73 Å². The van der Waals surface area contributed by atoms with Gasteiger partial charge >= 0.3 is 0 Å². The van der Waals surface area contributed by atoms with Crippen molar-refractivity contribution in [1.29, 1.82) is 0 Å². The number of hydrogen-bond acceptors (Lipinski definition) is 2. The Balaban J connectivity index is 0.00000256. The molecular weight excluding hydrogens is 236 g/mol. The van der Waals surface area contributed by atoms with E-state index in [1.54, 1.807) is 4.90 Å². The Morgan fingerprint density at radius 3 is 2.29 bits per heavy atom. The van der Waals surface area contributed by atoms with E-state index < -0.39 is 0 Å². The Bertz CT molecular complexity index is 349. The van der Waals surface area contributed by atoms with Crippen LogP contribution in [-0.4, -0.2) is 18.5 Å². The third-order valence-electron chi connectivity index (χ3n) is 2.46. The van der Waals surface area contributed by atoms with Gasteiger partial charge < -0.3 is 10.6 Å². The normalized spacial score (nSPS) is 11.5. The van der Waals surface area contributed by atoms with Crippen LogP contribution < -0.4 is 10.6 Å². The van der Waals surface area contributed by atoms with Gasteiger partial charge in [-0.3, -0.25) is 4.79 Å². The monoisotopic (exact) mass is 256 g/mol. The fourth-order valence-electron chi connectivity index (χ4n) is 1.61. The van der Waals surface area contributed by atoms with Crippen molar-refractivity contribution in [1.82, 2.24) is 0 Å². The van der Waals surface area contributed by atoms with Gasteiger partial charge in [-0.1, -0.05) is 17.7 Å². The Morgan fingerprint density at radius 1 is 1.35 bits per heavy atom. The minimum atomic E-state index is -0.0907. The molecule has 0 aliphatic rings. The Hall–Kier alpha value is -1.06. The Labute approximate surface area is 109 Å². The number of amides is 1. The molecule has 0 saturated carbocycles. The van der Waals surface area contributed by atoms with Gasteiger partial charge in [0.15, 0.2) is 0 Å². The number of nitrogens with two attached hydrogens (primary N) is 1. The molecule has 0 spiro atoms. The number of benzene rings is 1. The number of nitrogens with zero attached hydrogens (tertiary/aromatic N) is 1. The first kappa shape index (κ1) is 15.9. The standard InChI is InChI=1S/C13H20N2O.ClH/c1-4-15(13(16)9-11(3)14)12-7-5-10(2)6-8-12;/h5-8,11H,4,9,14H2,1-3H3;1H. The van der Waals surface area contributed by atoms with Crippen molar-refractivity contribution in [3.05, 3.63) is 29.8 Å². The van der Waals surface area contributed by atoms with Crippen LogP contribution in [0, 0.1) is 6.92 Å². The topological polar surface area (TPSA) is 46.3 Å². The van der Waals surface area contributed by atoms with E-state index in [-0.39, 0.29) is 24.4 Å². The highest BCUT2D eigenvalue weighted by Crippen LogP contribution is 2.16. The van der Waals surface area contributed by atoms with Crippen molar-refractivity contribution in [3.63, 3.8) is 0 Å². The van der Waals surface area contributed by atoms with Gasteiger partial charge in [0.2, 0.25) is 5.91 Å². The van der Waals surface area contributed by atoms with Crippen LogP contribution in [0.2, 0.25) is 0 Å². The number of hydrogen-bond donors (Lipinski definition) is 1. The van der Waals surface area contributed by atoms with Crippen LogP contribution in [-0.2, 0) is 4.79 Å². The zero-order valence-electron chi connectivity index (χ0n) is 10.6. The maximum Gasteiger partial charge on any atom is 0.228 e. The van der Waals surface area contributed by atoms with E-state index in [1.807, 2.05) is 45.0 Å². The first-order chi connectivity index (χ1) is 7.54. The van der Waals surface area contributed by atoms with Crippen molar-refractivity contribution < 1.29 is 4.79 Å². The van der Waals surface area contributed by atoms with Gasteiger partial charge in [-0.2, -0.15) is 0 Å². The quantitative estimate of drug-likeness (QED) is 0.900. The SMILES string of the molecule is CCN(C(=O)CC(C)N)c1ccc(C)cc1.Cl. The molecule has 0 radical (unpaired) electrons. The number of anilines is 1. The average molecular weight is 257 g/mol. The number of carbonyl (C=O) groups is 1. The highest BCUT2D eigenvalue weighted by molar-refractivity contribution is 5.93. The van der Waals surface area contributed by atoms with Gasteiger partial charge in [0.25, 0.3) is 0 Å². The van der Waals surface area contributed by atoms with Gasteiger partial charge in [0.05, 0.1) is 0 Å². The van der Waals surface area contributed by atoms with Gasteiger partial charge in [0.1, 0.15) is 0 Å². The van der Waals surface area contributed by atoms with E-state index in [0.29, 0.717) is 13.0 Å². The predicted molar refractivity (Wildman–Crippen MR) is 74.7 cm³/mol. The van der Waals surface area contributed by atoms with Crippen molar-refractivity contribution >= 4 is 24.0 Å². The van der Waals surface area contributed by atoms with Crippen LogP contribution >= 0.6 is 12.4 Å². The molecule has 0 heterocycles. The molecule has 3 nitrogen and oxygen atoms in total. The smallest absolute Gasteiger partial charge is 0.228 e. The lowest BCUT2D eigenvalue weighted by Gasteiger charge is -2.22. The van der Waals surface area contributed by atoms with Gasteiger partial charge in [-0.25, -0.2) is 0 Å². The molecule has 0 aliphatic heterocycles. The summed E-state index contributed by atoms with van der Waals surface area (Å²) in [4.78, 5) is 13.7. The molecule has 1 rings (SSSR count). The maximum absolute atomic E-state index is 11.9. The summed E-state index contributed by atoms with van der Waals surface area (Å²) >= 11 is 0. The molecule has 1 atom stereocenters. The maximum atomic E-state index is 11.9. The molecule has 96 valence electrons. The Kier molecular flexibility index (Phi) is 6.85. The largest absolute Gasteiger partial charge is 0.327 e. The Morgan fingerprint density at radius 2 is 1.88 bits per heavy atom. The lowest BCUT2D eigenvalue weighted by atomic mass is 10.2. The molecule has 0 aliphatic carbocycles. The van der Waals surface area contributed by atoms with Gasteiger partial charge in [-0.05, 0) is 32.9 Å². The minimum absolute atomic E-state index is 0. The van der Waals surface area contributed by atoms with Gasteiger partial charge in [0, 0.05) is 24.7 Å². The fraction of sp³-hybridized carbons (Fsp3) is 0.462. The number of rotatable bonds is 4. The average Bonchev–Trinajstić information content (AvgIpc) is 2.21. The molecule has 1 unspecified atom stereocenters. The predicted octanol–water partition coefficient (Wildman–Crippen LogP) is 2.51. The molecule has 4 heteroatoms. The first-order valence-corrected chi connectivity index (χ1v) is 5.67. The van der Waals surface area contributed by atoms with E-state index in [1.165, 1.54) is 5.56 Å². The summed E-state index contributed by atoms with van der Waals surface area (Å²) in [6.45, 7) is 6.53. The van der Waals surface area contributed by atoms with E-state index in [0.717, 1.165) is 5.69 Å². The molecule has 1 amide bonds. The minimum Gasteiger partial charge on any atom is -0.327 e. The number of aryl methyl sites for hydroxylation is 1. The highest BCUT2D eigenvalue weighted by Gasteiger charge is 2.14. The second-order valence-corrected chi connectivity index (χ2v) is 4.15. The molecule has 1 aromatic carbocycles. The van der Waals surface area contributed by atoms with Crippen molar-refractivity contribution in [2.75, 3.05) is 11.4 Å². The summed E-state index contributed by atoms with van der Waals surface area (Å²) in [5.74, 6) is 0.0846. The summed E-state index contributed by atoms with van der Waals surface area (Å²) in [5, 5.41) is 0. The third kappa shape index (κ3) is 4.75. The highest BCUT2D eigenvalue weighted by atomic mass is 35.5. The van der Waals surface area contributed by atoms with Crippen LogP contribution in [0.4, 0.5) is 5.69 Å². The van der Waals surface area contributed by atoms with Crippen LogP contribution in [0.15, 0.2) is 24.3 Å². The van der Waals surface area contributed by atoms with E-state index in [4.69, 9.17) is 5.73 Å². The zero-order valence-corrected chi connectivity index (χ0v) is 11.5. The number of carbonyl (C=O) groups excluding carboxylic acids is 1. The third-order valence-corrected chi connectivity index (χ3v) is 2.46. The van der Waals surface area contributed by atoms with Crippen LogP contribution in [0.3, 0.4) is 0 Å². The van der Waals surface area contributed by atoms with Crippen LogP contribution in [0.1, 0.15) is 25.8 Å². The van der Waals surface area contributed by atoms with Crippen LogP contribution in [0.25, 0.3) is 0 Å². The van der Waals surface area contributed by atoms with Gasteiger partial charge in [-0.15, -0.1) is 12.4 Å². The molecule has 17 heavy (non-hydrogen) atoms. The lowest BCUT2D eigenvalue weighted by Crippen LogP contribution is -2.34. The lowest BCUT2D eigenvalue weighted by molar-refractivity contribution is -0.118. The first-order valence-electron chi connectivity index (χ1n) is 5.67. The van der Waals surface area contributed by atoms with E-state index in [2.05, 4.69) is 0 Å². The molecule has 0 bridgehead atoms. The zero-order chi connectivity index (χ0) is 12.1. The summed E-state index contributed by atoms with van der Waals surface area (Å²) in [6, 6.07) is 7.87. The fourth-order valence-corrected chi connectivity index (χ4v) is 1.61. The molecular formula is C13H21ClN2O. The molecule has 0 fully saturated rings. The van der Waals surface area contributed by atoms with E-state index in [9.17, 15) is 4.79 Å². The van der Waals surface area contributed by atoms with Crippen molar-refractivity contribution in [3.8, 4) is 0 Å². The summed E-state index contributed by atoms with van der Waals surface area (Å²) in [6.07, 6.45) is 0.391. The number of halogens is 1. The molecule has 0 aromatic heterocycles. The second kappa shape index (κ2) is 7.30. The molecule has 0 saturated heterocycles.